The number of nitrogens with one attached hydrogen (secondary N) is 1. The van der Waals surface area contributed by atoms with Gasteiger partial charge in [-0.1, -0.05) is 12.8 Å². The molecule has 0 radical (unpaired) electrons. The first-order chi connectivity index (χ1) is 8.16. The van der Waals surface area contributed by atoms with E-state index in [-0.39, 0.29) is 18.4 Å². The van der Waals surface area contributed by atoms with Crippen LogP contribution in [0.3, 0.4) is 0 Å². The molecule has 0 bridgehead atoms. The largest absolute Gasteiger partial charge is 0.481 e. The Morgan fingerprint density at radius 1 is 1.41 bits per heavy atom. The van der Waals surface area contributed by atoms with Gasteiger partial charge in [0.2, 0.25) is 5.91 Å². The summed E-state index contributed by atoms with van der Waals surface area (Å²) in [7, 11) is 0. The Kier molecular flexibility index (Phi) is 3.99. The number of aliphatic carboxylic acids is 1. The standard InChI is InChI=1S/C12H20N2O3/c15-11-8-14(9-3-1-2-4-9)10(7-13-11)5-6-12(16)17/h9-10H,1-8H2,(H,13,15)(H,16,17). The van der Waals surface area contributed by atoms with Crippen molar-refractivity contribution in [1.82, 2.24) is 10.2 Å². The molecule has 96 valence electrons. The molecule has 2 N–H and O–H groups in total. The molecule has 1 unspecified atom stereocenters. The first-order valence-corrected chi connectivity index (χ1v) is 6.41. The number of carbonyl (C=O) groups excluding carboxylic acids is 1. The summed E-state index contributed by atoms with van der Waals surface area (Å²) in [5.74, 6) is -0.684. The highest BCUT2D eigenvalue weighted by Gasteiger charge is 2.33. The molecule has 0 spiro atoms. The maximum atomic E-state index is 11.4. The van der Waals surface area contributed by atoms with Gasteiger partial charge in [0.05, 0.1) is 6.54 Å². The van der Waals surface area contributed by atoms with Crippen molar-refractivity contribution >= 4 is 11.9 Å². The second-order valence-electron chi connectivity index (χ2n) is 5.00. The molecule has 5 heteroatoms. The number of hydrogen-bond donors (Lipinski definition) is 2. The van der Waals surface area contributed by atoms with E-state index in [1.165, 1.54) is 12.8 Å². The Morgan fingerprint density at radius 2 is 2.12 bits per heavy atom. The van der Waals surface area contributed by atoms with Gasteiger partial charge < -0.3 is 10.4 Å². The Hall–Kier alpha value is -1.10. The normalized spacial score (nSPS) is 27.1. The smallest absolute Gasteiger partial charge is 0.303 e. The summed E-state index contributed by atoms with van der Waals surface area (Å²) in [5.41, 5.74) is 0. The first kappa shape index (κ1) is 12.4. The van der Waals surface area contributed by atoms with E-state index in [0.29, 0.717) is 25.6 Å². The molecule has 0 aromatic rings. The van der Waals surface area contributed by atoms with E-state index >= 15 is 0 Å². The highest BCUT2D eigenvalue weighted by atomic mass is 16.4. The summed E-state index contributed by atoms with van der Waals surface area (Å²) in [6.45, 7) is 1.04. The van der Waals surface area contributed by atoms with Gasteiger partial charge in [-0.25, -0.2) is 0 Å². The van der Waals surface area contributed by atoms with Gasteiger partial charge in [-0.2, -0.15) is 0 Å². The summed E-state index contributed by atoms with van der Waals surface area (Å²) < 4.78 is 0. The maximum Gasteiger partial charge on any atom is 0.303 e. The van der Waals surface area contributed by atoms with E-state index in [9.17, 15) is 9.59 Å². The summed E-state index contributed by atoms with van der Waals surface area (Å²) in [4.78, 5) is 24.3. The van der Waals surface area contributed by atoms with Gasteiger partial charge in [0.25, 0.3) is 0 Å². The van der Waals surface area contributed by atoms with Crippen LogP contribution in [0.1, 0.15) is 38.5 Å². The highest BCUT2D eigenvalue weighted by molar-refractivity contribution is 5.79. The SMILES string of the molecule is O=C(O)CCC1CNC(=O)CN1C1CCCC1. The van der Waals surface area contributed by atoms with Gasteiger partial charge in [0.15, 0.2) is 0 Å². The molecule has 1 heterocycles. The fourth-order valence-electron chi connectivity index (χ4n) is 2.92. The molecule has 17 heavy (non-hydrogen) atoms. The van der Waals surface area contributed by atoms with Gasteiger partial charge in [-0.05, 0) is 19.3 Å². The van der Waals surface area contributed by atoms with Gasteiger partial charge in [-0.15, -0.1) is 0 Å². The molecule has 1 saturated heterocycles. The lowest BCUT2D eigenvalue weighted by Gasteiger charge is -2.39. The van der Waals surface area contributed by atoms with E-state index in [4.69, 9.17) is 5.11 Å². The van der Waals surface area contributed by atoms with Crippen molar-refractivity contribution in [3.8, 4) is 0 Å². The van der Waals surface area contributed by atoms with Crippen molar-refractivity contribution in [2.45, 2.75) is 50.6 Å². The molecule has 2 fully saturated rings. The maximum absolute atomic E-state index is 11.4. The van der Waals surface area contributed by atoms with Crippen LogP contribution < -0.4 is 5.32 Å². The third kappa shape index (κ3) is 3.19. The Bertz CT molecular complexity index is 300. The zero-order valence-corrected chi connectivity index (χ0v) is 10.0. The first-order valence-electron chi connectivity index (χ1n) is 6.41. The van der Waals surface area contributed by atoms with Crippen LogP contribution in [-0.2, 0) is 9.59 Å². The number of carbonyl (C=O) groups is 2. The van der Waals surface area contributed by atoms with Gasteiger partial charge >= 0.3 is 5.97 Å². The average molecular weight is 240 g/mol. The quantitative estimate of drug-likeness (QED) is 0.754. The van der Waals surface area contributed by atoms with E-state index < -0.39 is 5.97 Å². The number of piperazine rings is 1. The molecule has 1 atom stereocenters. The summed E-state index contributed by atoms with van der Waals surface area (Å²) in [6, 6.07) is 0.687. The zero-order valence-electron chi connectivity index (χ0n) is 10.0. The number of nitrogens with zero attached hydrogens (tertiary/aromatic N) is 1. The molecule has 0 aromatic heterocycles. The van der Waals surface area contributed by atoms with Gasteiger partial charge in [-0.3, -0.25) is 14.5 Å². The molecule has 5 nitrogen and oxygen atoms in total. The van der Waals surface area contributed by atoms with Crippen molar-refractivity contribution in [1.29, 1.82) is 0 Å². The van der Waals surface area contributed by atoms with Crippen LogP contribution in [0.2, 0.25) is 0 Å². The van der Waals surface area contributed by atoms with Crippen LogP contribution in [0.15, 0.2) is 0 Å². The fourth-order valence-corrected chi connectivity index (χ4v) is 2.92. The number of carboxylic acids is 1. The molecule has 0 aromatic carbocycles. The van der Waals surface area contributed by atoms with Crippen LogP contribution in [0.5, 0.6) is 0 Å². The van der Waals surface area contributed by atoms with Crippen molar-refractivity contribution in [2.24, 2.45) is 0 Å². The third-order valence-electron chi connectivity index (χ3n) is 3.82. The Morgan fingerprint density at radius 3 is 2.76 bits per heavy atom. The second-order valence-corrected chi connectivity index (χ2v) is 5.00. The average Bonchev–Trinajstić information content (AvgIpc) is 2.80. The molecule has 1 aliphatic heterocycles. The van der Waals surface area contributed by atoms with Crippen LogP contribution in [-0.4, -0.2) is 47.1 Å². The minimum absolute atomic E-state index is 0.0727. The summed E-state index contributed by atoms with van der Waals surface area (Å²) in [6.07, 6.45) is 5.58. The van der Waals surface area contributed by atoms with E-state index in [1.807, 2.05) is 0 Å². The molecule has 1 amide bonds. The summed E-state index contributed by atoms with van der Waals surface area (Å²) in [5, 5.41) is 11.6. The van der Waals surface area contributed by atoms with Crippen molar-refractivity contribution in [3.05, 3.63) is 0 Å². The van der Waals surface area contributed by atoms with Gasteiger partial charge in [0.1, 0.15) is 0 Å². The minimum Gasteiger partial charge on any atom is -0.481 e. The molecule has 2 rings (SSSR count). The van der Waals surface area contributed by atoms with Crippen LogP contribution in [0.25, 0.3) is 0 Å². The van der Waals surface area contributed by atoms with Crippen LogP contribution >= 0.6 is 0 Å². The highest BCUT2D eigenvalue weighted by Crippen LogP contribution is 2.27. The molecular formula is C12H20N2O3. The number of carboxylic acid groups (broad SMARTS) is 1. The Labute approximate surface area is 101 Å². The van der Waals surface area contributed by atoms with E-state index in [0.717, 1.165) is 12.8 Å². The van der Waals surface area contributed by atoms with Crippen molar-refractivity contribution in [2.75, 3.05) is 13.1 Å². The predicted octanol–water partition coefficient (Wildman–Crippen LogP) is 0.594. The lowest BCUT2D eigenvalue weighted by molar-refractivity contribution is -0.137. The van der Waals surface area contributed by atoms with Crippen LogP contribution in [0.4, 0.5) is 0 Å². The second kappa shape index (κ2) is 5.49. The van der Waals surface area contributed by atoms with Crippen LogP contribution in [0, 0.1) is 0 Å². The van der Waals surface area contributed by atoms with Gasteiger partial charge in [0, 0.05) is 25.0 Å². The topological polar surface area (TPSA) is 69.6 Å². The monoisotopic (exact) mass is 240 g/mol. The molecule has 1 aliphatic carbocycles. The molecular weight excluding hydrogens is 220 g/mol. The molecule has 1 saturated carbocycles. The van der Waals surface area contributed by atoms with Crippen molar-refractivity contribution < 1.29 is 14.7 Å². The molecule has 2 aliphatic rings. The van der Waals surface area contributed by atoms with Crippen molar-refractivity contribution in [3.63, 3.8) is 0 Å². The Balaban J connectivity index is 1.95. The zero-order chi connectivity index (χ0) is 12.3. The minimum atomic E-state index is -0.756. The third-order valence-corrected chi connectivity index (χ3v) is 3.82. The fraction of sp³-hybridized carbons (Fsp3) is 0.833. The lowest BCUT2D eigenvalue weighted by Crippen LogP contribution is -2.57. The van der Waals surface area contributed by atoms with E-state index in [1.54, 1.807) is 0 Å². The summed E-state index contributed by atoms with van der Waals surface area (Å²) >= 11 is 0. The lowest BCUT2D eigenvalue weighted by atomic mass is 10.0. The predicted molar refractivity (Wildman–Crippen MR) is 62.6 cm³/mol. The van der Waals surface area contributed by atoms with E-state index in [2.05, 4.69) is 10.2 Å². The number of hydrogen-bond acceptors (Lipinski definition) is 3. The number of amides is 1. The number of rotatable bonds is 4.